The van der Waals surface area contributed by atoms with Gasteiger partial charge in [-0.25, -0.2) is 0 Å². The highest BCUT2D eigenvalue weighted by Crippen LogP contribution is 2.43. The first-order valence-corrected chi connectivity index (χ1v) is 10.1. The molecule has 0 radical (unpaired) electrons. The fourth-order valence-electron chi connectivity index (χ4n) is 4.44. The molecule has 0 spiro atoms. The van der Waals surface area contributed by atoms with E-state index in [1.165, 1.54) is 0 Å². The van der Waals surface area contributed by atoms with Gasteiger partial charge in [0.1, 0.15) is 11.0 Å². The molecule has 28 heavy (non-hydrogen) atoms. The van der Waals surface area contributed by atoms with Crippen LogP contribution < -0.4 is 0 Å². The Morgan fingerprint density at radius 1 is 0.714 bits per heavy atom. The highest BCUT2D eigenvalue weighted by Gasteiger charge is 2.48. The average Bonchev–Trinajstić information content (AvgIpc) is 3.17. The molecule has 0 atom stereocenters. The number of esters is 1. The molecule has 1 aliphatic rings. The van der Waals surface area contributed by atoms with Gasteiger partial charge in [-0.15, -0.1) is 0 Å². The molecule has 0 N–H and O–H groups in total. The van der Waals surface area contributed by atoms with E-state index in [2.05, 4.69) is 6.92 Å². The molecule has 2 heteroatoms. The molecule has 0 saturated heterocycles. The lowest BCUT2D eigenvalue weighted by atomic mass is 9.69. The number of carbonyl (C=O) groups is 1. The molecule has 0 heterocycles. The minimum Gasteiger partial charge on any atom is -0.458 e. The summed E-state index contributed by atoms with van der Waals surface area (Å²) >= 11 is 0. The zero-order chi connectivity index (χ0) is 19.5. The summed E-state index contributed by atoms with van der Waals surface area (Å²) in [4.78, 5) is 14.0. The fraction of sp³-hybridized carbons (Fsp3) is 0.269. The van der Waals surface area contributed by atoms with E-state index in [-0.39, 0.29) is 11.6 Å². The van der Waals surface area contributed by atoms with Crippen molar-refractivity contribution in [3.05, 3.63) is 108 Å². The van der Waals surface area contributed by atoms with Crippen molar-refractivity contribution >= 4 is 5.97 Å². The van der Waals surface area contributed by atoms with Crippen LogP contribution in [0.5, 0.6) is 0 Å². The Balaban J connectivity index is 1.94. The van der Waals surface area contributed by atoms with E-state index < -0.39 is 5.41 Å². The zero-order valence-electron chi connectivity index (χ0n) is 16.3. The molecule has 3 aromatic carbocycles. The summed E-state index contributed by atoms with van der Waals surface area (Å²) in [5.41, 5.74) is 1.41. The smallest absolute Gasteiger partial charge is 0.326 e. The van der Waals surface area contributed by atoms with Gasteiger partial charge in [-0.3, -0.25) is 4.79 Å². The van der Waals surface area contributed by atoms with Gasteiger partial charge in [0.15, 0.2) is 0 Å². The molecule has 3 aromatic rings. The van der Waals surface area contributed by atoms with Gasteiger partial charge in [-0.2, -0.15) is 0 Å². The summed E-state index contributed by atoms with van der Waals surface area (Å²) in [6.45, 7) is 2.07. The normalized spacial score (nSPS) is 15.9. The Labute approximate surface area is 167 Å². The van der Waals surface area contributed by atoms with Crippen LogP contribution >= 0.6 is 0 Å². The molecular weight excluding hydrogens is 344 g/mol. The minimum absolute atomic E-state index is 0.194. The first kappa shape index (κ1) is 18.5. The van der Waals surface area contributed by atoms with Crippen LogP contribution in [-0.2, 0) is 14.9 Å². The largest absolute Gasteiger partial charge is 0.458 e. The summed E-state index contributed by atoms with van der Waals surface area (Å²) in [5.74, 6) is -0.194. The molecule has 0 aliphatic heterocycles. The number of hydrogen-bond acceptors (Lipinski definition) is 2. The van der Waals surface area contributed by atoms with Gasteiger partial charge in [-0.1, -0.05) is 91.0 Å². The molecule has 1 saturated carbocycles. The van der Waals surface area contributed by atoms with Gasteiger partial charge in [0.05, 0.1) is 0 Å². The summed E-state index contributed by atoms with van der Waals surface area (Å²) < 4.78 is 6.29. The lowest BCUT2D eigenvalue weighted by Gasteiger charge is -2.37. The maximum Gasteiger partial charge on any atom is 0.326 e. The maximum atomic E-state index is 14.0. The fourth-order valence-corrected chi connectivity index (χ4v) is 4.44. The molecular formula is C26H26O2. The standard InChI is InChI=1S/C26H26O2/c1-25(19-11-12-20-25)28-24(27)26(21-13-5-2-6-14-21,22-15-7-3-8-16-22)23-17-9-4-10-18-23/h2-10,13-18H,11-12,19-20H2,1H3. The first-order chi connectivity index (χ1) is 13.7. The van der Waals surface area contributed by atoms with E-state index in [4.69, 9.17) is 4.74 Å². The topological polar surface area (TPSA) is 26.3 Å². The van der Waals surface area contributed by atoms with Crippen LogP contribution in [-0.4, -0.2) is 11.6 Å². The molecule has 0 bridgehead atoms. The van der Waals surface area contributed by atoms with Crippen molar-refractivity contribution in [3.8, 4) is 0 Å². The predicted molar refractivity (Wildman–Crippen MR) is 112 cm³/mol. The van der Waals surface area contributed by atoms with E-state index >= 15 is 0 Å². The van der Waals surface area contributed by atoms with Crippen LogP contribution in [0.15, 0.2) is 91.0 Å². The SMILES string of the molecule is CC1(OC(=O)C(c2ccccc2)(c2ccccc2)c2ccccc2)CCCC1. The second-order valence-corrected chi connectivity index (χ2v) is 7.89. The second kappa shape index (κ2) is 7.63. The zero-order valence-corrected chi connectivity index (χ0v) is 16.3. The molecule has 1 fully saturated rings. The summed E-state index contributed by atoms with van der Waals surface area (Å²) in [6.07, 6.45) is 4.07. The van der Waals surface area contributed by atoms with Gasteiger partial charge in [-0.05, 0) is 49.3 Å². The highest BCUT2D eigenvalue weighted by atomic mass is 16.6. The third kappa shape index (κ3) is 3.24. The van der Waals surface area contributed by atoms with Crippen molar-refractivity contribution in [2.45, 2.75) is 43.6 Å². The predicted octanol–water partition coefficient (Wildman–Crippen LogP) is 5.90. The van der Waals surface area contributed by atoms with E-state index in [1.54, 1.807) is 0 Å². The van der Waals surface area contributed by atoms with E-state index in [9.17, 15) is 4.79 Å². The van der Waals surface area contributed by atoms with Crippen LogP contribution in [0.3, 0.4) is 0 Å². The van der Waals surface area contributed by atoms with Crippen molar-refractivity contribution in [2.75, 3.05) is 0 Å². The Kier molecular flexibility index (Phi) is 5.04. The van der Waals surface area contributed by atoms with Crippen LogP contribution in [0, 0.1) is 0 Å². The van der Waals surface area contributed by atoms with Crippen molar-refractivity contribution in [1.29, 1.82) is 0 Å². The summed E-state index contributed by atoms with van der Waals surface area (Å²) in [7, 11) is 0. The molecule has 2 nitrogen and oxygen atoms in total. The van der Waals surface area contributed by atoms with Crippen molar-refractivity contribution in [3.63, 3.8) is 0 Å². The maximum absolute atomic E-state index is 14.0. The third-order valence-corrected chi connectivity index (χ3v) is 5.93. The number of rotatable bonds is 5. The Morgan fingerprint density at radius 3 is 1.43 bits per heavy atom. The Bertz CT molecular complexity index is 814. The van der Waals surface area contributed by atoms with Gasteiger partial charge in [0, 0.05) is 0 Å². The van der Waals surface area contributed by atoms with E-state index in [0.717, 1.165) is 42.4 Å². The van der Waals surface area contributed by atoms with Crippen molar-refractivity contribution < 1.29 is 9.53 Å². The average molecular weight is 370 g/mol. The summed E-state index contributed by atoms with van der Waals surface area (Å²) in [6, 6.07) is 30.0. The van der Waals surface area contributed by atoms with Gasteiger partial charge in [0.25, 0.3) is 0 Å². The van der Waals surface area contributed by atoms with Crippen LogP contribution in [0.4, 0.5) is 0 Å². The molecule has 1 aliphatic carbocycles. The van der Waals surface area contributed by atoms with Crippen LogP contribution in [0.2, 0.25) is 0 Å². The van der Waals surface area contributed by atoms with Gasteiger partial charge < -0.3 is 4.74 Å². The Hall–Kier alpha value is -2.87. The molecule has 0 aromatic heterocycles. The first-order valence-electron chi connectivity index (χ1n) is 10.1. The van der Waals surface area contributed by atoms with Gasteiger partial charge in [0.2, 0.25) is 0 Å². The van der Waals surface area contributed by atoms with Crippen LogP contribution in [0.25, 0.3) is 0 Å². The highest BCUT2D eigenvalue weighted by molar-refractivity contribution is 5.92. The Morgan fingerprint density at radius 2 is 1.07 bits per heavy atom. The van der Waals surface area contributed by atoms with Crippen molar-refractivity contribution in [2.24, 2.45) is 0 Å². The molecule has 0 unspecified atom stereocenters. The minimum atomic E-state index is -0.991. The van der Waals surface area contributed by atoms with Crippen molar-refractivity contribution in [1.82, 2.24) is 0 Å². The van der Waals surface area contributed by atoms with Gasteiger partial charge >= 0.3 is 5.97 Å². The van der Waals surface area contributed by atoms with E-state index in [0.29, 0.717) is 0 Å². The molecule has 4 rings (SSSR count). The summed E-state index contributed by atoms with van der Waals surface area (Å²) in [5, 5.41) is 0. The lowest BCUT2D eigenvalue weighted by molar-refractivity contribution is -0.161. The molecule has 142 valence electrons. The number of carbonyl (C=O) groups excluding carboxylic acids is 1. The molecule has 0 amide bonds. The van der Waals surface area contributed by atoms with Crippen LogP contribution in [0.1, 0.15) is 49.3 Å². The van der Waals surface area contributed by atoms with E-state index in [1.807, 2.05) is 91.0 Å². The number of ether oxygens (including phenoxy) is 1. The lowest BCUT2D eigenvalue weighted by Crippen LogP contribution is -2.44. The number of hydrogen-bond donors (Lipinski definition) is 0. The monoisotopic (exact) mass is 370 g/mol. The quantitative estimate of drug-likeness (QED) is 0.413. The number of benzene rings is 3. The third-order valence-electron chi connectivity index (χ3n) is 5.93. The second-order valence-electron chi connectivity index (χ2n) is 7.89.